The van der Waals surface area contributed by atoms with Crippen molar-refractivity contribution in [3.63, 3.8) is 0 Å². The molecule has 2 aromatic rings. The first kappa shape index (κ1) is 14.7. The van der Waals surface area contributed by atoms with E-state index in [-0.39, 0.29) is 5.41 Å². The molecule has 0 saturated heterocycles. The maximum absolute atomic E-state index is 5.99. The van der Waals surface area contributed by atoms with Crippen LogP contribution in [0, 0.1) is 13.8 Å². The molecule has 0 aliphatic heterocycles. The smallest absolute Gasteiger partial charge is 0.138 e. The average molecular weight is 291 g/mol. The lowest BCUT2D eigenvalue weighted by atomic mass is 9.95. The van der Waals surface area contributed by atoms with Gasteiger partial charge in [0.15, 0.2) is 0 Å². The third-order valence-corrected chi connectivity index (χ3v) is 3.78. The van der Waals surface area contributed by atoms with Crippen LogP contribution in [0.25, 0.3) is 0 Å². The quantitative estimate of drug-likeness (QED) is 0.909. The van der Waals surface area contributed by atoms with E-state index in [4.69, 9.17) is 5.73 Å². The highest BCUT2D eigenvalue weighted by molar-refractivity contribution is 7.09. The molecule has 0 aliphatic carbocycles. The van der Waals surface area contributed by atoms with Crippen LogP contribution in [-0.2, 0) is 12.0 Å². The molecule has 0 spiro atoms. The standard InChI is InChI=1S/C14H21N5S/c1-8-11(15)18-13(14(3,4)5)19-12(8)16-6-10-7-20-9(2)17-10/h7H,6H2,1-5H3,(H3,15,16,18,19). The summed E-state index contributed by atoms with van der Waals surface area (Å²) < 4.78 is 0. The highest BCUT2D eigenvalue weighted by Crippen LogP contribution is 2.25. The number of nitrogens with one attached hydrogen (secondary N) is 1. The van der Waals surface area contributed by atoms with Crippen LogP contribution in [0.4, 0.5) is 11.6 Å². The Kier molecular flexibility index (Phi) is 3.94. The Morgan fingerprint density at radius 3 is 2.45 bits per heavy atom. The molecule has 108 valence electrons. The molecule has 5 nitrogen and oxygen atoms in total. The fourth-order valence-corrected chi connectivity index (χ4v) is 2.32. The number of rotatable bonds is 3. The summed E-state index contributed by atoms with van der Waals surface area (Å²) in [6.07, 6.45) is 0. The Morgan fingerprint density at radius 1 is 1.20 bits per heavy atom. The lowest BCUT2D eigenvalue weighted by Gasteiger charge is -2.19. The van der Waals surface area contributed by atoms with E-state index < -0.39 is 0 Å². The van der Waals surface area contributed by atoms with Gasteiger partial charge in [-0.05, 0) is 13.8 Å². The monoisotopic (exact) mass is 291 g/mol. The molecule has 2 heterocycles. The summed E-state index contributed by atoms with van der Waals surface area (Å²) >= 11 is 1.65. The van der Waals surface area contributed by atoms with Gasteiger partial charge in [0, 0.05) is 16.4 Å². The van der Waals surface area contributed by atoms with Gasteiger partial charge in [-0.2, -0.15) is 0 Å². The first-order valence-electron chi connectivity index (χ1n) is 6.57. The molecule has 0 aromatic carbocycles. The summed E-state index contributed by atoms with van der Waals surface area (Å²) in [6.45, 7) is 10.8. The van der Waals surface area contributed by atoms with Gasteiger partial charge in [-0.15, -0.1) is 11.3 Å². The fourth-order valence-electron chi connectivity index (χ4n) is 1.71. The Bertz CT molecular complexity index is 613. The van der Waals surface area contributed by atoms with Gasteiger partial charge in [-0.25, -0.2) is 15.0 Å². The second-order valence-corrected chi connectivity index (χ2v) is 6.93. The number of thiazole rings is 1. The van der Waals surface area contributed by atoms with E-state index >= 15 is 0 Å². The van der Waals surface area contributed by atoms with Gasteiger partial charge in [0.25, 0.3) is 0 Å². The maximum Gasteiger partial charge on any atom is 0.138 e. The lowest BCUT2D eigenvalue weighted by Crippen LogP contribution is -2.19. The van der Waals surface area contributed by atoms with Gasteiger partial charge in [0.2, 0.25) is 0 Å². The number of hydrogen-bond acceptors (Lipinski definition) is 6. The maximum atomic E-state index is 5.99. The van der Waals surface area contributed by atoms with E-state index in [1.165, 1.54) is 0 Å². The molecule has 2 aromatic heterocycles. The molecule has 0 radical (unpaired) electrons. The number of anilines is 2. The van der Waals surface area contributed by atoms with Gasteiger partial charge in [-0.3, -0.25) is 0 Å². The van der Waals surface area contributed by atoms with Gasteiger partial charge >= 0.3 is 0 Å². The minimum absolute atomic E-state index is 0.129. The number of nitrogens with zero attached hydrogens (tertiary/aromatic N) is 3. The Labute approximate surface area is 123 Å². The van der Waals surface area contributed by atoms with Crippen molar-refractivity contribution >= 4 is 23.0 Å². The third-order valence-electron chi connectivity index (χ3n) is 2.96. The van der Waals surface area contributed by atoms with E-state index in [0.717, 1.165) is 27.9 Å². The van der Waals surface area contributed by atoms with E-state index in [1.54, 1.807) is 11.3 Å². The largest absolute Gasteiger partial charge is 0.383 e. The Hall–Kier alpha value is -1.69. The van der Waals surface area contributed by atoms with Crippen molar-refractivity contribution in [3.05, 3.63) is 27.5 Å². The summed E-state index contributed by atoms with van der Waals surface area (Å²) in [5.41, 5.74) is 7.75. The zero-order chi connectivity index (χ0) is 14.9. The van der Waals surface area contributed by atoms with Crippen LogP contribution in [0.1, 0.15) is 42.9 Å². The number of aromatic nitrogens is 3. The highest BCUT2D eigenvalue weighted by atomic mass is 32.1. The number of aryl methyl sites for hydroxylation is 1. The van der Waals surface area contributed by atoms with Crippen LogP contribution in [0.5, 0.6) is 0 Å². The topological polar surface area (TPSA) is 76.7 Å². The summed E-state index contributed by atoms with van der Waals surface area (Å²) in [5.74, 6) is 2.06. The molecule has 0 saturated carbocycles. The van der Waals surface area contributed by atoms with Crippen molar-refractivity contribution in [2.24, 2.45) is 0 Å². The third kappa shape index (κ3) is 3.25. The summed E-state index contributed by atoms with van der Waals surface area (Å²) in [4.78, 5) is 13.4. The first-order chi connectivity index (χ1) is 9.27. The fraction of sp³-hybridized carbons (Fsp3) is 0.500. The Morgan fingerprint density at radius 2 is 1.90 bits per heavy atom. The zero-order valence-electron chi connectivity index (χ0n) is 12.6. The highest BCUT2D eigenvalue weighted by Gasteiger charge is 2.20. The predicted octanol–water partition coefficient (Wildman–Crippen LogP) is 3.04. The average Bonchev–Trinajstić information content (AvgIpc) is 2.75. The van der Waals surface area contributed by atoms with Gasteiger partial charge in [0.1, 0.15) is 17.5 Å². The molecule has 2 rings (SSSR count). The molecule has 0 unspecified atom stereocenters. The van der Waals surface area contributed by atoms with E-state index in [0.29, 0.717) is 12.4 Å². The molecular formula is C14H21N5S. The van der Waals surface area contributed by atoms with E-state index in [2.05, 4.69) is 41.0 Å². The molecule has 3 N–H and O–H groups in total. The van der Waals surface area contributed by atoms with Crippen molar-refractivity contribution in [2.75, 3.05) is 11.1 Å². The van der Waals surface area contributed by atoms with E-state index in [1.807, 2.05) is 19.2 Å². The van der Waals surface area contributed by atoms with E-state index in [9.17, 15) is 0 Å². The molecule has 20 heavy (non-hydrogen) atoms. The predicted molar refractivity (Wildman–Crippen MR) is 84.1 cm³/mol. The van der Waals surface area contributed by atoms with Gasteiger partial charge < -0.3 is 11.1 Å². The van der Waals surface area contributed by atoms with Crippen molar-refractivity contribution in [2.45, 2.75) is 46.6 Å². The van der Waals surface area contributed by atoms with Crippen LogP contribution in [0.2, 0.25) is 0 Å². The van der Waals surface area contributed by atoms with Crippen molar-refractivity contribution in [3.8, 4) is 0 Å². The molecule has 0 fully saturated rings. The minimum Gasteiger partial charge on any atom is -0.383 e. The SMILES string of the molecule is Cc1nc(CNc2nc(C(C)(C)C)nc(N)c2C)cs1. The second kappa shape index (κ2) is 5.36. The van der Waals surface area contributed by atoms with Crippen molar-refractivity contribution < 1.29 is 0 Å². The lowest BCUT2D eigenvalue weighted by molar-refractivity contribution is 0.546. The molecule has 6 heteroatoms. The normalized spacial score (nSPS) is 11.7. The summed E-state index contributed by atoms with van der Waals surface area (Å²) in [6, 6.07) is 0. The number of nitrogens with two attached hydrogens (primary N) is 1. The summed E-state index contributed by atoms with van der Waals surface area (Å²) in [5, 5.41) is 6.42. The van der Waals surface area contributed by atoms with Crippen LogP contribution >= 0.6 is 11.3 Å². The molecular weight excluding hydrogens is 270 g/mol. The second-order valence-electron chi connectivity index (χ2n) is 5.87. The minimum atomic E-state index is -0.129. The van der Waals surface area contributed by atoms with Gasteiger partial charge in [-0.1, -0.05) is 20.8 Å². The number of hydrogen-bond donors (Lipinski definition) is 2. The Balaban J connectivity index is 2.24. The first-order valence-corrected chi connectivity index (χ1v) is 7.45. The van der Waals surface area contributed by atoms with Gasteiger partial charge in [0.05, 0.1) is 17.2 Å². The van der Waals surface area contributed by atoms with Crippen molar-refractivity contribution in [1.82, 2.24) is 15.0 Å². The molecule has 0 bridgehead atoms. The van der Waals surface area contributed by atoms with Crippen LogP contribution in [-0.4, -0.2) is 15.0 Å². The van der Waals surface area contributed by atoms with Crippen LogP contribution in [0.15, 0.2) is 5.38 Å². The summed E-state index contributed by atoms with van der Waals surface area (Å²) in [7, 11) is 0. The number of nitrogen functional groups attached to an aromatic ring is 1. The molecule has 0 aliphatic rings. The molecule has 0 atom stereocenters. The van der Waals surface area contributed by atoms with Crippen molar-refractivity contribution in [1.29, 1.82) is 0 Å². The molecule has 0 amide bonds. The zero-order valence-corrected chi connectivity index (χ0v) is 13.4. The van der Waals surface area contributed by atoms with Crippen LogP contribution in [0.3, 0.4) is 0 Å². The van der Waals surface area contributed by atoms with Crippen LogP contribution < -0.4 is 11.1 Å².